The Kier molecular flexibility index (Phi) is 4.36. The van der Waals surface area contributed by atoms with Crippen LogP contribution in [0.1, 0.15) is 15.2 Å². The molecule has 0 aliphatic rings. The van der Waals surface area contributed by atoms with Gasteiger partial charge in [-0.05, 0) is 47.9 Å². The molecule has 0 saturated heterocycles. The Bertz CT molecular complexity index is 714. The van der Waals surface area contributed by atoms with Crippen molar-refractivity contribution in [3.05, 3.63) is 58.3 Å². The zero-order chi connectivity index (χ0) is 14.6. The van der Waals surface area contributed by atoms with Gasteiger partial charge in [0, 0.05) is 16.1 Å². The average molecular weight is 307 g/mol. The molecule has 0 bridgehead atoms. The number of benzene rings is 1. The van der Waals surface area contributed by atoms with Gasteiger partial charge in [0.1, 0.15) is 0 Å². The molecule has 0 spiro atoms. The van der Waals surface area contributed by atoms with E-state index in [-0.39, 0.29) is 5.78 Å². The highest BCUT2D eigenvalue weighted by Gasteiger charge is 2.04. The van der Waals surface area contributed by atoms with E-state index in [1.807, 2.05) is 17.5 Å². The monoisotopic (exact) mass is 307 g/mol. The van der Waals surface area contributed by atoms with Crippen LogP contribution in [-0.2, 0) is 10.0 Å². The third-order valence-corrected chi connectivity index (χ3v) is 3.86. The maximum Gasteiger partial charge on any atom is 0.229 e. The Morgan fingerprint density at radius 1 is 1.20 bits per heavy atom. The van der Waals surface area contributed by atoms with Crippen molar-refractivity contribution in [1.82, 2.24) is 0 Å². The fourth-order valence-electron chi connectivity index (χ4n) is 1.56. The molecule has 6 heteroatoms. The molecule has 1 heterocycles. The molecule has 0 radical (unpaired) electrons. The summed E-state index contributed by atoms with van der Waals surface area (Å²) in [6.07, 6.45) is 4.34. The predicted molar refractivity (Wildman–Crippen MR) is 82.6 cm³/mol. The van der Waals surface area contributed by atoms with Crippen molar-refractivity contribution < 1.29 is 13.2 Å². The fraction of sp³-hybridized carbons (Fsp3) is 0.0714. The minimum Gasteiger partial charge on any atom is -0.289 e. The summed E-state index contributed by atoms with van der Waals surface area (Å²) >= 11 is 1.55. The van der Waals surface area contributed by atoms with Crippen molar-refractivity contribution in [1.29, 1.82) is 0 Å². The highest BCUT2D eigenvalue weighted by atomic mass is 32.2. The highest BCUT2D eigenvalue weighted by molar-refractivity contribution is 7.92. The smallest absolute Gasteiger partial charge is 0.229 e. The molecule has 1 N–H and O–H groups in total. The topological polar surface area (TPSA) is 63.2 Å². The molecule has 4 nitrogen and oxygen atoms in total. The number of ketones is 1. The minimum atomic E-state index is -3.30. The molecule has 0 fully saturated rings. The minimum absolute atomic E-state index is 0.121. The van der Waals surface area contributed by atoms with Gasteiger partial charge >= 0.3 is 0 Å². The van der Waals surface area contributed by atoms with Gasteiger partial charge in [-0.25, -0.2) is 8.42 Å². The van der Waals surface area contributed by atoms with E-state index in [1.165, 1.54) is 6.08 Å². The third kappa shape index (κ3) is 4.32. The van der Waals surface area contributed by atoms with E-state index >= 15 is 0 Å². The summed E-state index contributed by atoms with van der Waals surface area (Å²) in [6.45, 7) is 0. The average Bonchev–Trinajstić information content (AvgIpc) is 2.88. The first-order valence-electron chi connectivity index (χ1n) is 5.78. The Morgan fingerprint density at radius 3 is 2.45 bits per heavy atom. The van der Waals surface area contributed by atoms with Crippen LogP contribution in [-0.4, -0.2) is 20.5 Å². The Balaban J connectivity index is 2.08. The number of hydrogen-bond acceptors (Lipinski definition) is 4. The SMILES string of the molecule is CS(=O)(=O)Nc1ccc(C(=O)/C=C/c2cccs2)cc1. The summed E-state index contributed by atoms with van der Waals surface area (Å²) in [6, 6.07) is 10.2. The van der Waals surface area contributed by atoms with Gasteiger partial charge in [0.2, 0.25) is 10.0 Å². The molecule has 0 aliphatic heterocycles. The van der Waals surface area contributed by atoms with Gasteiger partial charge in [-0.3, -0.25) is 9.52 Å². The van der Waals surface area contributed by atoms with Gasteiger partial charge in [-0.2, -0.15) is 0 Å². The van der Waals surface area contributed by atoms with Crippen LogP contribution in [0.4, 0.5) is 5.69 Å². The van der Waals surface area contributed by atoms with Crippen LogP contribution in [0.3, 0.4) is 0 Å². The first-order valence-corrected chi connectivity index (χ1v) is 8.55. The molecule has 0 atom stereocenters. The Hall–Kier alpha value is -1.92. The van der Waals surface area contributed by atoms with Crippen LogP contribution in [0.5, 0.6) is 0 Å². The number of sulfonamides is 1. The number of carbonyl (C=O) groups excluding carboxylic acids is 1. The van der Waals surface area contributed by atoms with Crippen molar-refractivity contribution in [2.45, 2.75) is 0 Å². The van der Waals surface area contributed by atoms with Crippen LogP contribution in [0, 0.1) is 0 Å². The molecule has 0 saturated carbocycles. The Morgan fingerprint density at radius 2 is 1.90 bits per heavy atom. The number of hydrogen-bond donors (Lipinski definition) is 1. The van der Waals surface area contributed by atoms with Crippen molar-refractivity contribution in [2.24, 2.45) is 0 Å². The van der Waals surface area contributed by atoms with E-state index in [0.29, 0.717) is 11.3 Å². The van der Waals surface area contributed by atoms with Crippen LogP contribution in [0.15, 0.2) is 47.9 Å². The van der Waals surface area contributed by atoms with Gasteiger partial charge in [0.05, 0.1) is 6.26 Å². The molecule has 2 aromatic rings. The predicted octanol–water partition coefficient (Wildman–Crippen LogP) is 3.02. The van der Waals surface area contributed by atoms with Crippen LogP contribution in [0.2, 0.25) is 0 Å². The summed E-state index contributed by atoms with van der Waals surface area (Å²) in [4.78, 5) is 12.9. The summed E-state index contributed by atoms with van der Waals surface area (Å²) < 4.78 is 24.5. The second-order valence-electron chi connectivity index (χ2n) is 4.16. The number of nitrogens with one attached hydrogen (secondary N) is 1. The molecule has 104 valence electrons. The van der Waals surface area contributed by atoms with Gasteiger partial charge < -0.3 is 0 Å². The molecule has 20 heavy (non-hydrogen) atoms. The fourth-order valence-corrected chi connectivity index (χ4v) is 2.74. The lowest BCUT2D eigenvalue weighted by Crippen LogP contribution is -2.09. The molecule has 0 amide bonds. The first-order chi connectivity index (χ1) is 9.44. The number of carbonyl (C=O) groups is 1. The highest BCUT2D eigenvalue weighted by Crippen LogP contribution is 2.14. The largest absolute Gasteiger partial charge is 0.289 e. The van der Waals surface area contributed by atoms with Crippen molar-refractivity contribution >= 4 is 38.9 Å². The van der Waals surface area contributed by atoms with Crippen molar-refractivity contribution in [2.75, 3.05) is 11.0 Å². The number of thiophene rings is 1. The molecule has 0 unspecified atom stereocenters. The molecule has 0 aliphatic carbocycles. The lowest BCUT2D eigenvalue weighted by Gasteiger charge is -2.03. The van der Waals surface area contributed by atoms with Gasteiger partial charge in [-0.1, -0.05) is 6.07 Å². The van der Waals surface area contributed by atoms with E-state index in [1.54, 1.807) is 41.7 Å². The molecule has 1 aromatic carbocycles. The molecule has 1 aromatic heterocycles. The maximum atomic E-state index is 11.9. The zero-order valence-corrected chi connectivity index (χ0v) is 12.4. The zero-order valence-electron chi connectivity index (χ0n) is 10.7. The lowest BCUT2D eigenvalue weighted by atomic mass is 10.1. The summed E-state index contributed by atoms with van der Waals surface area (Å²) in [5.74, 6) is -0.121. The van der Waals surface area contributed by atoms with Gasteiger partial charge in [0.25, 0.3) is 0 Å². The molecular formula is C14H13NO3S2. The van der Waals surface area contributed by atoms with Crippen molar-refractivity contribution in [3.8, 4) is 0 Å². The third-order valence-electron chi connectivity index (χ3n) is 2.41. The van der Waals surface area contributed by atoms with E-state index in [4.69, 9.17) is 0 Å². The van der Waals surface area contributed by atoms with Crippen LogP contribution >= 0.6 is 11.3 Å². The standard InChI is InChI=1S/C14H13NO3S2/c1-20(17,18)15-12-6-4-11(5-7-12)14(16)9-8-13-3-2-10-19-13/h2-10,15H,1H3/b9-8+. The quantitative estimate of drug-likeness (QED) is 0.682. The summed E-state index contributed by atoms with van der Waals surface area (Å²) in [7, 11) is -3.30. The number of anilines is 1. The second kappa shape index (κ2) is 6.02. The number of rotatable bonds is 5. The van der Waals surface area contributed by atoms with E-state index < -0.39 is 10.0 Å². The van der Waals surface area contributed by atoms with E-state index in [2.05, 4.69) is 4.72 Å². The van der Waals surface area contributed by atoms with Crippen molar-refractivity contribution in [3.63, 3.8) is 0 Å². The summed E-state index contributed by atoms with van der Waals surface area (Å²) in [5.41, 5.74) is 0.947. The normalized spacial score (nSPS) is 11.7. The van der Waals surface area contributed by atoms with Crippen LogP contribution < -0.4 is 4.72 Å². The van der Waals surface area contributed by atoms with E-state index in [0.717, 1.165) is 11.1 Å². The number of allylic oxidation sites excluding steroid dienone is 1. The maximum absolute atomic E-state index is 11.9. The van der Waals surface area contributed by atoms with Gasteiger partial charge in [-0.15, -0.1) is 11.3 Å². The van der Waals surface area contributed by atoms with E-state index in [9.17, 15) is 13.2 Å². The van der Waals surface area contributed by atoms with Gasteiger partial charge in [0.15, 0.2) is 5.78 Å². The molecule has 2 rings (SSSR count). The second-order valence-corrected chi connectivity index (χ2v) is 6.89. The summed E-state index contributed by atoms with van der Waals surface area (Å²) in [5, 5.41) is 1.94. The van der Waals surface area contributed by atoms with Crippen LogP contribution in [0.25, 0.3) is 6.08 Å². The lowest BCUT2D eigenvalue weighted by molar-refractivity contribution is 0.104. The molecular weight excluding hydrogens is 294 g/mol. The Labute approximate surface area is 121 Å². The first kappa shape index (κ1) is 14.5.